The molecule has 4 aromatic rings. The molecule has 2 aromatic heterocycles. The molecular formula is C27H28N6O3S. The fourth-order valence-electron chi connectivity index (χ4n) is 4.32. The molecule has 0 atom stereocenters. The molecule has 5 rings (SSSR count). The molecule has 2 N–H and O–H groups in total. The van der Waals surface area contributed by atoms with Gasteiger partial charge in [0.2, 0.25) is 0 Å². The van der Waals surface area contributed by atoms with Gasteiger partial charge in [0.25, 0.3) is 5.91 Å². The molecular weight excluding hydrogens is 488 g/mol. The van der Waals surface area contributed by atoms with Crippen LogP contribution in [0.3, 0.4) is 0 Å². The summed E-state index contributed by atoms with van der Waals surface area (Å²) < 4.78 is 5.53. The minimum Gasteiger partial charge on any atom is -0.496 e. The lowest BCUT2D eigenvalue weighted by molar-refractivity contribution is 0.0828. The van der Waals surface area contributed by atoms with Crippen LogP contribution in [0.5, 0.6) is 5.75 Å². The van der Waals surface area contributed by atoms with Crippen molar-refractivity contribution in [3.63, 3.8) is 0 Å². The summed E-state index contributed by atoms with van der Waals surface area (Å²) in [5, 5.41) is 11.3. The van der Waals surface area contributed by atoms with Gasteiger partial charge >= 0.3 is 6.03 Å². The Morgan fingerprint density at radius 3 is 2.62 bits per heavy atom. The topological polar surface area (TPSA) is 103 Å². The van der Waals surface area contributed by atoms with Crippen LogP contribution in [0.25, 0.3) is 33.4 Å². The van der Waals surface area contributed by atoms with Gasteiger partial charge in [-0.3, -0.25) is 9.89 Å². The Hall–Kier alpha value is -4.05. The number of H-pyrrole nitrogens is 1. The van der Waals surface area contributed by atoms with Crippen LogP contribution in [0.2, 0.25) is 0 Å². The zero-order valence-electron chi connectivity index (χ0n) is 20.9. The lowest BCUT2D eigenvalue weighted by atomic mass is 10.0. The number of methoxy groups -OCH3 is 1. The second-order valence-corrected chi connectivity index (χ2v) is 10.1. The first kappa shape index (κ1) is 24.6. The number of ether oxygens (including phenoxy) is 1. The molecule has 0 spiro atoms. The molecule has 0 unspecified atom stereocenters. The molecule has 190 valence electrons. The van der Waals surface area contributed by atoms with E-state index >= 15 is 0 Å². The number of rotatable bonds is 5. The lowest BCUT2D eigenvalue weighted by Crippen LogP contribution is -2.41. The Labute approximate surface area is 219 Å². The third-order valence-corrected chi connectivity index (χ3v) is 7.25. The van der Waals surface area contributed by atoms with E-state index < -0.39 is 0 Å². The van der Waals surface area contributed by atoms with Crippen molar-refractivity contribution in [1.82, 2.24) is 25.0 Å². The lowest BCUT2D eigenvalue weighted by Gasteiger charge is -2.27. The molecule has 1 aliphatic heterocycles. The number of aromatic nitrogens is 3. The van der Waals surface area contributed by atoms with Gasteiger partial charge in [0, 0.05) is 61.4 Å². The van der Waals surface area contributed by atoms with Crippen molar-refractivity contribution in [2.24, 2.45) is 0 Å². The molecule has 37 heavy (non-hydrogen) atoms. The van der Waals surface area contributed by atoms with E-state index in [0.29, 0.717) is 35.7 Å². The molecule has 0 bridgehead atoms. The quantitative estimate of drug-likeness (QED) is 0.402. The number of carbonyl (C=O) groups excluding carboxylic acids is 2. The van der Waals surface area contributed by atoms with Crippen molar-refractivity contribution < 1.29 is 14.3 Å². The standard InChI is InChI=1S/C27H28N6O3S/c1-32(2)26(34)20-14-17(8-9-22(20)29-27(35)33-10-12-37-13-11-33)18-15-21-24(30-31-25(21)28-16-18)19-6-4-5-7-23(19)36-3/h4-9,14-16H,10-13H2,1-3H3,(H,29,35)(H,28,30,31). The number of nitrogens with one attached hydrogen (secondary N) is 2. The predicted molar refractivity (Wildman–Crippen MR) is 147 cm³/mol. The number of thioether (sulfide) groups is 1. The van der Waals surface area contributed by atoms with Crippen molar-refractivity contribution in [3.05, 3.63) is 60.3 Å². The number of para-hydroxylation sites is 1. The highest BCUT2D eigenvalue weighted by molar-refractivity contribution is 7.99. The van der Waals surface area contributed by atoms with Crippen molar-refractivity contribution in [2.45, 2.75) is 0 Å². The highest BCUT2D eigenvalue weighted by Gasteiger charge is 2.21. The van der Waals surface area contributed by atoms with E-state index in [1.54, 1.807) is 44.4 Å². The van der Waals surface area contributed by atoms with Crippen LogP contribution in [0, 0.1) is 0 Å². The molecule has 0 radical (unpaired) electrons. The number of aromatic amines is 1. The largest absolute Gasteiger partial charge is 0.496 e. The molecule has 1 fully saturated rings. The second kappa shape index (κ2) is 10.5. The number of carbonyl (C=O) groups is 2. The zero-order chi connectivity index (χ0) is 25.9. The molecule has 1 aliphatic rings. The van der Waals surface area contributed by atoms with Crippen molar-refractivity contribution in [1.29, 1.82) is 0 Å². The molecule has 9 nitrogen and oxygen atoms in total. The van der Waals surface area contributed by atoms with Crippen molar-refractivity contribution in [2.75, 3.05) is 51.1 Å². The fourth-order valence-corrected chi connectivity index (χ4v) is 5.22. The number of benzene rings is 2. The average Bonchev–Trinajstić information content (AvgIpc) is 3.36. The third-order valence-electron chi connectivity index (χ3n) is 6.31. The van der Waals surface area contributed by atoms with Gasteiger partial charge in [-0.15, -0.1) is 0 Å². The highest BCUT2D eigenvalue weighted by Crippen LogP contribution is 2.35. The Balaban J connectivity index is 1.53. The molecule has 2 aromatic carbocycles. The maximum Gasteiger partial charge on any atom is 0.321 e. The van der Waals surface area contributed by atoms with Gasteiger partial charge in [-0.25, -0.2) is 9.78 Å². The Morgan fingerprint density at radius 1 is 1.08 bits per heavy atom. The SMILES string of the molecule is COc1ccccc1-c1n[nH]c2ncc(-c3ccc(NC(=O)N4CCSCC4)c(C(=O)N(C)C)c3)cc12. The first-order chi connectivity index (χ1) is 18.0. The van der Waals surface area contributed by atoms with E-state index in [1.165, 1.54) is 4.90 Å². The summed E-state index contributed by atoms with van der Waals surface area (Å²) in [5.41, 5.74) is 4.76. The first-order valence-corrected chi connectivity index (χ1v) is 13.1. The molecule has 3 amide bonds. The Bertz CT molecular complexity index is 1460. The first-order valence-electron chi connectivity index (χ1n) is 11.9. The summed E-state index contributed by atoms with van der Waals surface area (Å²) in [6.07, 6.45) is 1.75. The van der Waals surface area contributed by atoms with Crippen LogP contribution in [0.1, 0.15) is 10.4 Å². The summed E-state index contributed by atoms with van der Waals surface area (Å²) >= 11 is 1.83. The van der Waals surface area contributed by atoms with Gasteiger partial charge in [-0.05, 0) is 35.9 Å². The van der Waals surface area contributed by atoms with Crippen LogP contribution in [-0.4, -0.2) is 82.7 Å². The average molecular weight is 517 g/mol. The monoisotopic (exact) mass is 516 g/mol. The van der Waals surface area contributed by atoms with Gasteiger partial charge in [0.05, 0.1) is 18.4 Å². The number of pyridine rings is 1. The summed E-state index contributed by atoms with van der Waals surface area (Å²) in [7, 11) is 5.02. The minimum absolute atomic E-state index is 0.191. The van der Waals surface area contributed by atoms with Gasteiger partial charge in [-0.1, -0.05) is 18.2 Å². The number of anilines is 1. The number of hydrogen-bond donors (Lipinski definition) is 2. The summed E-state index contributed by atoms with van der Waals surface area (Å²) in [6.45, 7) is 1.38. The van der Waals surface area contributed by atoms with Crippen molar-refractivity contribution >= 4 is 40.4 Å². The van der Waals surface area contributed by atoms with Gasteiger partial charge in [0.15, 0.2) is 5.65 Å². The Morgan fingerprint density at radius 2 is 1.86 bits per heavy atom. The van der Waals surface area contributed by atoms with E-state index in [0.717, 1.165) is 39.3 Å². The van der Waals surface area contributed by atoms with Crippen LogP contribution < -0.4 is 10.1 Å². The maximum absolute atomic E-state index is 13.1. The maximum atomic E-state index is 13.1. The molecule has 0 aliphatic carbocycles. The zero-order valence-corrected chi connectivity index (χ0v) is 21.8. The second-order valence-electron chi connectivity index (χ2n) is 8.88. The van der Waals surface area contributed by atoms with Crippen LogP contribution >= 0.6 is 11.8 Å². The van der Waals surface area contributed by atoms with E-state index in [4.69, 9.17) is 4.74 Å². The number of urea groups is 1. The highest BCUT2D eigenvalue weighted by atomic mass is 32.2. The molecule has 0 saturated carbocycles. The van der Waals surface area contributed by atoms with Gasteiger partial charge < -0.3 is 19.9 Å². The van der Waals surface area contributed by atoms with E-state index in [2.05, 4.69) is 20.5 Å². The summed E-state index contributed by atoms with van der Waals surface area (Å²) in [6, 6.07) is 15.0. The molecule has 10 heteroatoms. The normalized spacial score (nSPS) is 13.4. The van der Waals surface area contributed by atoms with Gasteiger partial charge in [-0.2, -0.15) is 16.9 Å². The van der Waals surface area contributed by atoms with E-state index in [9.17, 15) is 9.59 Å². The van der Waals surface area contributed by atoms with Crippen LogP contribution in [0.4, 0.5) is 10.5 Å². The fraction of sp³-hybridized carbons (Fsp3) is 0.259. The predicted octanol–water partition coefficient (Wildman–Crippen LogP) is 4.58. The Kier molecular flexibility index (Phi) is 7.00. The van der Waals surface area contributed by atoms with Crippen molar-refractivity contribution in [3.8, 4) is 28.1 Å². The van der Waals surface area contributed by atoms with E-state index in [-0.39, 0.29) is 11.9 Å². The third kappa shape index (κ3) is 4.97. The van der Waals surface area contributed by atoms with E-state index in [1.807, 2.05) is 48.2 Å². The minimum atomic E-state index is -0.196. The number of hydrogen-bond acceptors (Lipinski definition) is 6. The molecule has 1 saturated heterocycles. The summed E-state index contributed by atoms with van der Waals surface area (Å²) in [5.74, 6) is 2.35. The summed E-state index contributed by atoms with van der Waals surface area (Å²) in [4.78, 5) is 33.8. The number of amides is 3. The molecule has 3 heterocycles. The smallest absolute Gasteiger partial charge is 0.321 e. The number of nitrogens with zero attached hydrogens (tertiary/aromatic N) is 4. The van der Waals surface area contributed by atoms with Crippen LogP contribution in [-0.2, 0) is 0 Å². The number of fused-ring (bicyclic) bond motifs is 1. The van der Waals surface area contributed by atoms with Gasteiger partial charge in [0.1, 0.15) is 11.4 Å². The van der Waals surface area contributed by atoms with Crippen LogP contribution in [0.15, 0.2) is 54.7 Å².